The van der Waals surface area contributed by atoms with Crippen LogP contribution in [0.5, 0.6) is 0 Å². The van der Waals surface area contributed by atoms with Crippen molar-refractivity contribution in [2.45, 2.75) is 57.4 Å². The summed E-state index contributed by atoms with van der Waals surface area (Å²) < 4.78 is 5.34. The molecule has 0 bridgehead atoms. The van der Waals surface area contributed by atoms with Crippen LogP contribution in [0, 0.1) is 11.8 Å². The van der Waals surface area contributed by atoms with Crippen molar-refractivity contribution in [2.75, 3.05) is 19.8 Å². The summed E-state index contributed by atoms with van der Waals surface area (Å²) in [5, 5.41) is 3.06. The number of nitrogens with one attached hydrogen (secondary N) is 1. The first-order valence-electron chi connectivity index (χ1n) is 7.85. The minimum atomic E-state index is 0. The second kappa shape index (κ2) is 9.59. The van der Waals surface area contributed by atoms with Crippen molar-refractivity contribution in [3.63, 3.8) is 0 Å². The maximum atomic E-state index is 11.9. The number of carbonyl (C=O) groups is 1. The Labute approximate surface area is 128 Å². The number of ether oxygens (including phenoxy) is 1. The number of rotatable bonds is 5. The summed E-state index contributed by atoms with van der Waals surface area (Å²) in [6, 6.07) is 0.231. The molecule has 0 spiro atoms. The molecule has 2 atom stereocenters. The van der Waals surface area contributed by atoms with Gasteiger partial charge in [0.05, 0.1) is 0 Å². The quantitative estimate of drug-likeness (QED) is 0.819. The third-order valence-electron chi connectivity index (χ3n) is 4.63. The predicted octanol–water partition coefficient (Wildman–Crippen LogP) is 2.25. The zero-order chi connectivity index (χ0) is 13.5. The number of hydrogen-bond acceptors (Lipinski definition) is 3. The molecule has 4 nitrogen and oxygen atoms in total. The van der Waals surface area contributed by atoms with Gasteiger partial charge in [-0.25, -0.2) is 0 Å². The molecular weight excluding hydrogens is 276 g/mol. The van der Waals surface area contributed by atoms with Crippen molar-refractivity contribution in [3.8, 4) is 0 Å². The van der Waals surface area contributed by atoms with E-state index in [1.165, 1.54) is 12.8 Å². The molecule has 0 radical (unpaired) electrons. The molecule has 5 heteroatoms. The molecule has 1 saturated carbocycles. The Morgan fingerprint density at radius 2 is 1.85 bits per heavy atom. The van der Waals surface area contributed by atoms with E-state index in [-0.39, 0.29) is 24.4 Å². The minimum Gasteiger partial charge on any atom is -0.381 e. The highest BCUT2D eigenvalue weighted by molar-refractivity contribution is 5.85. The van der Waals surface area contributed by atoms with E-state index in [0.29, 0.717) is 12.3 Å². The third kappa shape index (κ3) is 5.98. The van der Waals surface area contributed by atoms with Crippen LogP contribution in [-0.4, -0.2) is 31.7 Å². The molecule has 1 aliphatic heterocycles. The van der Waals surface area contributed by atoms with Gasteiger partial charge in [-0.2, -0.15) is 0 Å². The number of amides is 1. The fourth-order valence-corrected chi connectivity index (χ4v) is 3.25. The molecule has 1 saturated heterocycles. The Morgan fingerprint density at radius 1 is 1.15 bits per heavy atom. The number of carbonyl (C=O) groups excluding carboxylic acids is 1. The topological polar surface area (TPSA) is 64.4 Å². The van der Waals surface area contributed by atoms with Crippen molar-refractivity contribution in [1.29, 1.82) is 0 Å². The summed E-state index contributed by atoms with van der Waals surface area (Å²) in [5.41, 5.74) is 6.08. The van der Waals surface area contributed by atoms with Crippen molar-refractivity contribution >= 4 is 18.3 Å². The van der Waals surface area contributed by atoms with Crippen molar-refractivity contribution < 1.29 is 9.53 Å². The van der Waals surface area contributed by atoms with Gasteiger partial charge in [0.15, 0.2) is 0 Å². The molecule has 1 heterocycles. The molecular formula is C15H29ClN2O2. The average molecular weight is 305 g/mol. The Kier molecular flexibility index (Phi) is 8.50. The average Bonchev–Trinajstić information content (AvgIpc) is 2.43. The Morgan fingerprint density at radius 3 is 2.55 bits per heavy atom. The molecule has 3 N–H and O–H groups in total. The lowest BCUT2D eigenvalue weighted by Crippen LogP contribution is -2.37. The van der Waals surface area contributed by atoms with Gasteiger partial charge in [-0.05, 0) is 43.9 Å². The van der Waals surface area contributed by atoms with Gasteiger partial charge in [0.2, 0.25) is 5.91 Å². The van der Waals surface area contributed by atoms with Gasteiger partial charge in [0, 0.05) is 32.2 Å². The van der Waals surface area contributed by atoms with Gasteiger partial charge >= 0.3 is 0 Å². The highest BCUT2D eigenvalue weighted by atomic mass is 35.5. The zero-order valence-electron chi connectivity index (χ0n) is 12.3. The molecule has 20 heavy (non-hydrogen) atoms. The molecule has 2 fully saturated rings. The second-order valence-corrected chi connectivity index (χ2v) is 6.11. The monoisotopic (exact) mass is 304 g/mol. The lowest BCUT2D eigenvalue weighted by molar-refractivity contribution is -0.122. The van der Waals surface area contributed by atoms with Gasteiger partial charge in [-0.15, -0.1) is 12.4 Å². The normalized spacial score (nSPS) is 27.6. The molecule has 118 valence electrons. The molecule has 2 unspecified atom stereocenters. The van der Waals surface area contributed by atoms with Crippen molar-refractivity contribution in [1.82, 2.24) is 5.32 Å². The summed E-state index contributed by atoms with van der Waals surface area (Å²) >= 11 is 0. The molecule has 1 amide bonds. The highest BCUT2D eigenvalue weighted by Gasteiger charge is 2.24. The van der Waals surface area contributed by atoms with Crippen LogP contribution in [0.2, 0.25) is 0 Å². The van der Waals surface area contributed by atoms with Crippen LogP contribution in [0.4, 0.5) is 0 Å². The summed E-state index contributed by atoms with van der Waals surface area (Å²) in [7, 11) is 0. The number of nitrogens with two attached hydrogens (primary N) is 1. The zero-order valence-corrected chi connectivity index (χ0v) is 13.1. The van der Waals surface area contributed by atoms with Gasteiger partial charge in [-0.1, -0.05) is 12.8 Å². The van der Waals surface area contributed by atoms with Crippen LogP contribution in [0.3, 0.4) is 0 Å². The summed E-state index contributed by atoms with van der Waals surface area (Å²) in [5.74, 6) is 1.32. The largest absolute Gasteiger partial charge is 0.381 e. The minimum absolute atomic E-state index is 0. The lowest BCUT2D eigenvalue weighted by Gasteiger charge is -2.28. The van der Waals surface area contributed by atoms with Crippen molar-refractivity contribution in [2.24, 2.45) is 17.6 Å². The van der Waals surface area contributed by atoms with Crippen LogP contribution in [0.25, 0.3) is 0 Å². The Bertz CT molecular complexity index is 283. The Hall–Kier alpha value is -0.320. The fourth-order valence-electron chi connectivity index (χ4n) is 3.25. The third-order valence-corrected chi connectivity index (χ3v) is 4.63. The van der Waals surface area contributed by atoms with E-state index in [1.807, 2.05) is 0 Å². The van der Waals surface area contributed by atoms with E-state index in [0.717, 1.165) is 57.8 Å². The molecule has 0 aromatic rings. The summed E-state index contributed by atoms with van der Waals surface area (Å²) in [6.45, 7) is 2.58. The molecule has 2 rings (SSSR count). The van der Waals surface area contributed by atoms with E-state index in [9.17, 15) is 4.79 Å². The smallest absolute Gasteiger partial charge is 0.220 e. The molecule has 0 aromatic heterocycles. The van der Waals surface area contributed by atoms with Gasteiger partial charge in [0.1, 0.15) is 0 Å². The van der Waals surface area contributed by atoms with Crippen LogP contribution in [0.1, 0.15) is 51.4 Å². The number of hydrogen-bond donors (Lipinski definition) is 2. The first kappa shape index (κ1) is 17.7. The first-order valence-corrected chi connectivity index (χ1v) is 7.85. The maximum absolute atomic E-state index is 11.9. The van der Waals surface area contributed by atoms with E-state index in [1.54, 1.807) is 0 Å². The van der Waals surface area contributed by atoms with Gasteiger partial charge < -0.3 is 15.8 Å². The molecule has 2 aliphatic rings. The predicted molar refractivity (Wildman–Crippen MR) is 83.0 cm³/mol. The van der Waals surface area contributed by atoms with Gasteiger partial charge in [-0.3, -0.25) is 4.79 Å². The van der Waals surface area contributed by atoms with Crippen LogP contribution < -0.4 is 11.1 Å². The number of halogens is 1. The van der Waals surface area contributed by atoms with Crippen molar-refractivity contribution in [3.05, 3.63) is 0 Å². The molecule has 1 aliphatic carbocycles. The maximum Gasteiger partial charge on any atom is 0.220 e. The van der Waals surface area contributed by atoms with E-state index in [4.69, 9.17) is 10.5 Å². The van der Waals surface area contributed by atoms with E-state index in [2.05, 4.69) is 5.32 Å². The first-order chi connectivity index (χ1) is 9.25. The van der Waals surface area contributed by atoms with E-state index >= 15 is 0 Å². The van der Waals surface area contributed by atoms with Gasteiger partial charge in [0.25, 0.3) is 0 Å². The Balaban J connectivity index is 0.00000200. The SMILES string of the molecule is Cl.NC1CCCCC1CC(=O)NCCC1CCOCC1. The van der Waals surface area contributed by atoms with E-state index < -0.39 is 0 Å². The fraction of sp³-hybridized carbons (Fsp3) is 0.933. The summed E-state index contributed by atoms with van der Waals surface area (Å²) in [4.78, 5) is 11.9. The molecule has 0 aromatic carbocycles. The lowest BCUT2D eigenvalue weighted by atomic mass is 9.83. The van der Waals surface area contributed by atoms with Crippen LogP contribution >= 0.6 is 12.4 Å². The highest BCUT2D eigenvalue weighted by Crippen LogP contribution is 2.25. The van der Waals surface area contributed by atoms with Crippen LogP contribution in [0.15, 0.2) is 0 Å². The van der Waals surface area contributed by atoms with Crippen LogP contribution in [-0.2, 0) is 9.53 Å². The summed E-state index contributed by atoms with van der Waals surface area (Å²) in [6.07, 6.45) is 8.65. The second-order valence-electron chi connectivity index (χ2n) is 6.11. The standard InChI is InChI=1S/C15H28N2O2.ClH/c16-14-4-2-1-3-13(14)11-15(18)17-8-5-12-6-9-19-10-7-12;/h12-14H,1-11,16H2,(H,17,18);1H.